The maximum absolute atomic E-state index is 13.7. The highest BCUT2D eigenvalue weighted by molar-refractivity contribution is 7.10. The molecule has 2 aromatic carbocycles. The molecule has 3 rings (SSSR count). The highest BCUT2D eigenvalue weighted by atomic mass is 32.1. The molecule has 0 N–H and O–H groups in total. The van der Waals surface area contributed by atoms with E-state index in [1.54, 1.807) is 41.5 Å². The van der Waals surface area contributed by atoms with Crippen molar-refractivity contribution in [2.75, 3.05) is 40.5 Å². The van der Waals surface area contributed by atoms with Gasteiger partial charge in [-0.15, -0.1) is 11.3 Å². The summed E-state index contributed by atoms with van der Waals surface area (Å²) >= 11 is 1.64. The van der Waals surface area contributed by atoms with Gasteiger partial charge in [0.05, 0.1) is 26.3 Å². The fourth-order valence-electron chi connectivity index (χ4n) is 3.94. The molecule has 0 atom stereocenters. The second-order valence-electron chi connectivity index (χ2n) is 8.61. The minimum atomic E-state index is -0.267. The Hall–Kier alpha value is -3.36. The van der Waals surface area contributed by atoms with Crippen molar-refractivity contribution in [2.24, 2.45) is 0 Å². The summed E-state index contributed by atoms with van der Waals surface area (Å²) in [4.78, 5) is 31.9. The van der Waals surface area contributed by atoms with Gasteiger partial charge in [-0.3, -0.25) is 9.59 Å². The number of thiophene rings is 1. The molecule has 0 saturated heterocycles. The Morgan fingerprint density at radius 3 is 2.38 bits per heavy atom. The lowest BCUT2D eigenvalue weighted by atomic mass is 10.1. The molecule has 3 aromatic rings. The van der Waals surface area contributed by atoms with Crippen LogP contribution in [-0.4, -0.2) is 62.1 Å². The van der Waals surface area contributed by atoms with Crippen LogP contribution in [-0.2, 0) is 22.6 Å². The van der Waals surface area contributed by atoms with Crippen molar-refractivity contribution in [3.63, 3.8) is 0 Å². The molecule has 0 aliphatic heterocycles. The van der Waals surface area contributed by atoms with Crippen molar-refractivity contribution in [3.05, 3.63) is 81.5 Å². The summed E-state index contributed by atoms with van der Waals surface area (Å²) in [7, 11) is 3.08. The van der Waals surface area contributed by atoms with Crippen LogP contribution in [0, 0.1) is 6.92 Å². The van der Waals surface area contributed by atoms with Crippen LogP contribution in [0.3, 0.4) is 0 Å². The number of carbonyl (C=O) groups excluding carboxylic acids is 2. The Kier molecular flexibility index (Phi) is 11.0. The standard InChI is InChI=1S/C29H36N2O5S/c1-5-36-16-9-15-30(29(33)25-13-12-24(34-3)18-26(25)35-4)21-28(32)31(19-23-10-7-6-8-11-23)20-27-22(2)14-17-37-27/h6-8,10-14,17-18H,5,9,15-16,19-21H2,1-4H3. The number of ether oxygens (including phenoxy) is 3. The third-order valence-corrected chi connectivity index (χ3v) is 7.05. The molecule has 0 aliphatic rings. The molecule has 7 nitrogen and oxygen atoms in total. The Bertz CT molecular complexity index is 1150. The van der Waals surface area contributed by atoms with Crippen molar-refractivity contribution in [1.82, 2.24) is 9.80 Å². The van der Waals surface area contributed by atoms with Gasteiger partial charge in [0.25, 0.3) is 5.91 Å². The molecule has 0 spiro atoms. The van der Waals surface area contributed by atoms with E-state index < -0.39 is 0 Å². The zero-order valence-corrected chi connectivity index (χ0v) is 22.9. The highest BCUT2D eigenvalue weighted by Gasteiger charge is 2.25. The monoisotopic (exact) mass is 524 g/mol. The Morgan fingerprint density at radius 2 is 1.73 bits per heavy atom. The first-order valence-corrected chi connectivity index (χ1v) is 13.3. The van der Waals surface area contributed by atoms with Crippen LogP contribution in [0.1, 0.15) is 39.7 Å². The van der Waals surface area contributed by atoms with E-state index in [1.165, 1.54) is 7.11 Å². The summed E-state index contributed by atoms with van der Waals surface area (Å²) in [5.41, 5.74) is 2.58. The SMILES string of the molecule is CCOCCCN(CC(=O)N(Cc1ccccc1)Cc1sccc1C)C(=O)c1ccc(OC)cc1OC. The molecule has 1 aromatic heterocycles. The second-order valence-corrected chi connectivity index (χ2v) is 9.61. The Morgan fingerprint density at radius 1 is 0.946 bits per heavy atom. The minimum Gasteiger partial charge on any atom is -0.497 e. The normalized spacial score (nSPS) is 10.7. The van der Waals surface area contributed by atoms with E-state index >= 15 is 0 Å². The first-order valence-electron chi connectivity index (χ1n) is 12.4. The molecule has 8 heteroatoms. The summed E-state index contributed by atoms with van der Waals surface area (Å²) in [6, 6.07) is 17.0. The van der Waals surface area contributed by atoms with E-state index in [9.17, 15) is 9.59 Å². The zero-order valence-electron chi connectivity index (χ0n) is 22.1. The van der Waals surface area contributed by atoms with Crippen LogP contribution < -0.4 is 9.47 Å². The quantitative estimate of drug-likeness (QED) is 0.272. The van der Waals surface area contributed by atoms with Crippen molar-refractivity contribution in [2.45, 2.75) is 33.4 Å². The van der Waals surface area contributed by atoms with E-state index in [4.69, 9.17) is 14.2 Å². The second kappa shape index (κ2) is 14.4. The van der Waals surface area contributed by atoms with Gasteiger partial charge in [-0.1, -0.05) is 30.3 Å². The molecule has 198 valence electrons. The number of nitrogens with zero attached hydrogens (tertiary/aromatic N) is 2. The van der Waals surface area contributed by atoms with Gasteiger partial charge in [0.15, 0.2) is 0 Å². The summed E-state index contributed by atoms with van der Waals surface area (Å²) in [5.74, 6) is 0.611. The Balaban J connectivity index is 1.85. The molecular weight excluding hydrogens is 488 g/mol. The van der Waals surface area contributed by atoms with Crippen LogP contribution in [0.4, 0.5) is 0 Å². The molecular formula is C29H36N2O5S. The van der Waals surface area contributed by atoms with Gasteiger partial charge in [0.2, 0.25) is 5.91 Å². The van der Waals surface area contributed by atoms with E-state index in [0.717, 1.165) is 16.0 Å². The number of amides is 2. The van der Waals surface area contributed by atoms with Crippen LogP contribution in [0.25, 0.3) is 0 Å². The lowest BCUT2D eigenvalue weighted by Gasteiger charge is -2.28. The highest BCUT2D eigenvalue weighted by Crippen LogP contribution is 2.26. The van der Waals surface area contributed by atoms with Crippen LogP contribution >= 0.6 is 11.3 Å². The molecule has 0 unspecified atom stereocenters. The number of hydrogen-bond donors (Lipinski definition) is 0. The van der Waals surface area contributed by atoms with Gasteiger partial charge >= 0.3 is 0 Å². The number of methoxy groups -OCH3 is 2. The number of carbonyl (C=O) groups is 2. The van der Waals surface area contributed by atoms with Crippen LogP contribution in [0.2, 0.25) is 0 Å². The fraction of sp³-hybridized carbons (Fsp3) is 0.379. The number of hydrogen-bond acceptors (Lipinski definition) is 6. The summed E-state index contributed by atoms with van der Waals surface area (Å²) < 4.78 is 16.2. The molecule has 37 heavy (non-hydrogen) atoms. The van der Waals surface area contributed by atoms with Crippen molar-refractivity contribution < 1.29 is 23.8 Å². The predicted octanol–water partition coefficient (Wildman–Crippen LogP) is 5.17. The molecule has 0 bridgehead atoms. The zero-order chi connectivity index (χ0) is 26.6. The van der Waals surface area contributed by atoms with E-state index in [2.05, 4.69) is 13.0 Å². The fourth-order valence-corrected chi connectivity index (χ4v) is 4.86. The lowest BCUT2D eigenvalue weighted by Crippen LogP contribution is -2.43. The Labute approximate surface area is 223 Å². The van der Waals surface area contributed by atoms with Gasteiger partial charge < -0.3 is 24.0 Å². The van der Waals surface area contributed by atoms with E-state index in [1.807, 2.05) is 47.5 Å². The van der Waals surface area contributed by atoms with Crippen molar-refractivity contribution in [1.29, 1.82) is 0 Å². The molecule has 2 amide bonds. The largest absolute Gasteiger partial charge is 0.497 e. The van der Waals surface area contributed by atoms with Gasteiger partial charge in [-0.2, -0.15) is 0 Å². The molecule has 0 aliphatic carbocycles. The average molecular weight is 525 g/mol. The molecule has 0 saturated carbocycles. The van der Waals surface area contributed by atoms with Gasteiger partial charge in [-0.05, 0) is 55.0 Å². The maximum Gasteiger partial charge on any atom is 0.258 e. The topological polar surface area (TPSA) is 68.3 Å². The third kappa shape index (κ3) is 8.06. The number of rotatable bonds is 14. The van der Waals surface area contributed by atoms with Crippen molar-refractivity contribution in [3.8, 4) is 11.5 Å². The maximum atomic E-state index is 13.7. The van der Waals surface area contributed by atoms with Crippen LogP contribution in [0.5, 0.6) is 11.5 Å². The predicted molar refractivity (Wildman–Crippen MR) is 146 cm³/mol. The molecule has 0 fully saturated rings. The average Bonchev–Trinajstić information content (AvgIpc) is 3.33. The van der Waals surface area contributed by atoms with Crippen LogP contribution in [0.15, 0.2) is 60.0 Å². The van der Waals surface area contributed by atoms with Gasteiger partial charge in [0, 0.05) is 37.2 Å². The first-order chi connectivity index (χ1) is 18.0. The summed E-state index contributed by atoms with van der Waals surface area (Å²) in [6.07, 6.45) is 0.619. The van der Waals surface area contributed by atoms with Gasteiger partial charge in [-0.25, -0.2) is 0 Å². The number of aryl methyl sites for hydroxylation is 1. The third-order valence-electron chi connectivity index (χ3n) is 6.04. The minimum absolute atomic E-state index is 0.0442. The molecule has 0 radical (unpaired) electrons. The summed E-state index contributed by atoms with van der Waals surface area (Å²) in [5, 5.41) is 2.04. The molecule has 1 heterocycles. The first kappa shape index (κ1) is 28.2. The van der Waals surface area contributed by atoms with E-state index in [0.29, 0.717) is 56.3 Å². The van der Waals surface area contributed by atoms with Gasteiger partial charge in [0.1, 0.15) is 18.0 Å². The smallest absolute Gasteiger partial charge is 0.258 e. The van der Waals surface area contributed by atoms with E-state index in [-0.39, 0.29) is 18.4 Å². The van der Waals surface area contributed by atoms with Crippen molar-refractivity contribution >= 4 is 23.2 Å². The lowest BCUT2D eigenvalue weighted by molar-refractivity contribution is -0.133. The summed E-state index contributed by atoms with van der Waals surface area (Å²) in [6.45, 7) is 6.39. The number of benzene rings is 2.